The lowest BCUT2D eigenvalue weighted by Crippen LogP contribution is -2.36. The molecule has 1 heterocycles. The molecular formula is C16H22N2O3. The Kier molecular flexibility index (Phi) is 4.94. The molecule has 0 saturated heterocycles. The summed E-state index contributed by atoms with van der Waals surface area (Å²) in [5.41, 5.74) is 0.780. The van der Waals surface area contributed by atoms with E-state index in [1.807, 2.05) is 32.0 Å². The summed E-state index contributed by atoms with van der Waals surface area (Å²) >= 11 is 0. The number of aliphatic carboxylic acids is 1. The van der Waals surface area contributed by atoms with Gasteiger partial charge in [0.15, 0.2) is 0 Å². The number of carbonyl (C=O) groups is 2. The van der Waals surface area contributed by atoms with Crippen molar-refractivity contribution in [2.24, 2.45) is 17.8 Å². The van der Waals surface area contributed by atoms with Gasteiger partial charge in [-0.05, 0) is 37.8 Å². The lowest BCUT2D eigenvalue weighted by atomic mass is 9.95. The number of rotatable bonds is 5. The zero-order chi connectivity index (χ0) is 15.4. The Bertz CT molecular complexity index is 504. The van der Waals surface area contributed by atoms with Crippen molar-refractivity contribution in [3.05, 3.63) is 30.1 Å². The number of hydrogen-bond donors (Lipinski definition) is 2. The number of nitrogens with zero attached hydrogens (tertiary/aromatic N) is 1. The van der Waals surface area contributed by atoms with Crippen molar-refractivity contribution in [1.82, 2.24) is 10.3 Å². The van der Waals surface area contributed by atoms with Gasteiger partial charge in [0.1, 0.15) is 0 Å². The van der Waals surface area contributed by atoms with E-state index in [-0.39, 0.29) is 11.9 Å². The van der Waals surface area contributed by atoms with Crippen molar-refractivity contribution in [3.8, 4) is 0 Å². The van der Waals surface area contributed by atoms with Gasteiger partial charge in [0.05, 0.1) is 23.6 Å². The number of aromatic nitrogens is 1. The molecule has 0 spiro atoms. The van der Waals surface area contributed by atoms with Crippen LogP contribution in [0.2, 0.25) is 0 Å². The molecule has 2 N–H and O–H groups in total. The van der Waals surface area contributed by atoms with E-state index in [0.29, 0.717) is 18.8 Å². The highest BCUT2D eigenvalue weighted by atomic mass is 16.4. The first kappa shape index (κ1) is 15.5. The monoisotopic (exact) mass is 290 g/mol. The third-order valence-corrected chi connectivity index (χ3v) is 4.38. The molecule has 4 atom stereocenters. The first-order chi connectivity index (χ1) is 10.0. The van der Waals surface area contributed by atoms with Crippen LogP contribution in [0.5, 0.6) is 0 Å². The van der Waals surface area contributed by atoms with E-state index in [1.54, 1.807) is 6.20 Å². The summed E-state index contributed by atoms with van der Waals surface area (Å²) in [5.74, 6) is -1.70. The van der Waals surface area contributed by atoms with Gasteiger partial charge in [-0.2, -0.15) is 0 Å². The standard InChI is InChI=1S/C16H22N2O3/c1-3-11-8-12(13(9-11)16(20)21)15(19)18-10(2)14-6-4-5-7-17-14/h4-7,10-13H,3,8-9H2,1-2H3,(H,18,19)(H,20,21). The number of amides is 1. The quantitative estimate of drug-likeness (QED) is 0.872. The smallest absolute Gasteiger partial charge is 0.307 e. The lowest BCUT2D eigenvalue weighted by Gasteiger charge is -2.19. The van der Waals surface area contributed by atoms with Crippen molar-refractivity contribution < 1.29 is 14.7 Å². The van der Waals surface area contributed by atoms with Gasteiger partial charge in [0.25, 0.3) is 0 Å². The fourth-order valence-corrected chi connectivity index (χ4v) is 3.07. The number of carbonyl (C=O) groups excluding carboxylic acids is 1. The third-order valence-electron chi connectivity index (χ3n) is 4.38. The van der Waals surface area contributed by atoms with Crippen LogP contribution in [-0.2, 0) is 9.59 Å². The van der Waals surface area contributed by atoms with Crippen molar-refractivity contribution >= 4 is 11.9 Å². The molecule has 21 heavy (non-hydrogen) atoms. The van der Waals surface area contributed by atoms with E-state index in [2.05, 4.69) is 10.3 Å². The van der Waals surface area contributed by atoms with Crippen LogP contribution in [0, 0.1) is 17.8 Å². The molecule has 1 fully saturated rings. The second-order valence-corrected chi connectivity index (χ2v) is 5.78. The van der Waals surface area contributed by atoms with Crippen molar-refractivity contribution in [1.29, 1.82) is 0 Å². The van der Waals surface area contributed by atoms with Crippen LogP contribution in [0.25, 0.3) is 0 Å². The molecule has 0 aliphatic heterocycles. The Labute approximate surface area is 124 Å². The SMILES string of the molecule is CCC1CC(C(=O)O)C(C(=O)NC(C)c2ccccn2)C1. The Morgan fingerprint density at radius 3 is 2.67 bits per heavy atom. The molecule has 1 aromatic heterocycles. The van der Waals surface area contributed by atoms with Crippen molar-refractivity contribution in [2.75, 3.05) is 0 Å². The Morgan fingerprint density at radius 1 is 1.38 bits per heavy atom. The van der Waals surface area contributed by atoms with Crippen LogP contribution < -0.4 is 5.32 Å². The van der Waals surface area contributed by atoms with E-state index >= 15 is 0 Å². The number of nitrogens with one attached hydrogen (secondary N) is 1. The predicted octanol–water partition coefficient (Wildman–Crippen LogP) is 2.40. The first-order valence-corrected chi connectivity index (χ1v) is 7.47. The van der Waals surface area contributed by atoms with Gasteiger partial charge in [-0.3, -0.25) is 14.6 Å². The van der Waals surface area contributed by atoms with Gasteiger partial charge in [-0.15, -0.1) is 0 Å². The summed E-state index contributed by atoms with van der Waals surface area (Å²) in [6.45, 7) is 3.91. The van der Waals surface area contributed by atoms with E-state index in [0.717, 1.165) is 12.1 Å². The number of hydrogen-bond acceptors (Lipinski definition) is 3. The maximum atomic E-state index is 12.4. The summed E-state index contributed by atoms with van der Waals surface area (Å²) in [4.78, 5) is 28.0. The van der Waals surface area contributed by atoms with Gasteiger partial charge in [0.2, 0.25) is 5.91 Å². The fourth-order valence-electron chi connectivity index (χ4n) is 3.07. The molecule has 1 aromatic rings. The molecule has 1 aliphatic carbocycles. The maximum absolute atomic E-state index is 12.4. The van der Waals surface area contributed by atoms with E-state index in [9.17, 15) is 14.7 Å². The molecule has 1 aliphatic rings. The molecule has 2 rings (SSSR count). The Morgan fingerprint density at radius 2 is 2.10 bits per heavy atom. The molecule has 0 radical (unpaired) electrons. The largest absolute Gasteiger partial charge is 0.481 e. The zero-order valence-electron chi connectivity index (χ0n) is 12.5. The molecule has 0 bridgehead atoms. The van der Waals surface area contributed by atoms with Gasteiger partial charge in [0, 0.05) is 6.20 Å². The average molecular weight is 290 g/mol. The summed E-state index contributed by atoms with van der Waals surface area (Å²) in [7, 11) is 0. The summed E-state index contributed by atoms with van der Waals surface area (Å²) < 4.78 is 0. The normalized spacial score (nSPS) is 26.3. The van der Waals surface area contributed by atoms with Crippen LogP contribution >= 0.6 is 0 Å². The molecule has 5 nitrogen and oxygen atoms in total. The van der Waals surface area contributed by atoms with Gasteiger partial charge >= 0.3 is 5.97 Å². The lowest BCUT2D eigenvalue weighted by molar-refractivity contribution is -0.146. The number of pyridine rings is 1. The summed E-state index contributed by atoms with van der Waals surface area (Å²) in [6.07, 6.45) is 3.86. The Hall–Kier alpha value is -1.91. The molecule has 1 amide bonds. The van der Waals surface area contributed by atoms with Crippen LogP contribution in [0.4, 0.5) is 0 Å². The summed E-state index contributed by atoms with van der Waals surface area (Å²) in [5, 5.41) is 12.2. The van der Waals surface area contributed by atoms with E-state index in [1.165, 1.54) is 0 Å². The maximum Gasteiger partial charge on any atom is 0.307 e. The van der Waals surface area contributed by atoms with Gasteiger partial charge in [-0.1, -0.05) is 19.4 Å². The second-order valence-electron chi connectivity index (χ2n) is 5.78. The van der Waals surface area contributed by atoms with Crippen LogP contribution in [0.15, 0.2) is 24.4 Å². The summed E-state index contributed by atoms with van der Waals surface area (Å²) in [6, 6.07) is 5.33. The van der Waals surface area contributed by atoms with Gasteiger partial charge < -0.3 is 10.4 Å². The second kappa shape index (κ2) is 6.70. The molecule has 114 valence electrons. The van der Waals surface area contributed by atoms with Crippen LogP contribution in [-0.4, -0.2) is 22.0 Å². The zero-order valence-corrected chi connectivity index (χ0v) is 12.5. The average Bonchev–Trinajstić information content (AvgIpc) is 2.92. The highest BCUT2D eigenvalue weighted by Gasteiger charge is 2.42. The minimum absolute atomic E-state index is 0.170. The van der Waals surface area contributed by atoms with E-state index < -0.39 is 17.8 Å². The van der Waals surface area contributed by atoms with E-state index in [4.69, 9.17) is 0 Å². The van der Waals surface area contributed by atoms with Gasteiger partial charge in [-0.25, -0.2) is 0 Å². The minimum Gasteiger partial charge on any atom is -0.481 e. The fraction of sp³-hybridized carbons (Fsp3) is 0.562. The highest BCUT2D eigenvalue weighted by Crippen LogP contribution is 2.38. The van der Waals surface area contributed by atoms with Crippen molar-refractivity contribution in [3.63, 3.8) is 0 Å². The molecule has 0 aromatic carbocycles. The number of carboxylic acids is 1. The Balaban J connectivity index is 2.03. The van der Waals surface area contributed by atoms with Crippen LogP contribution in [0.3, 0.4) is 0 Å². The highest BCUT2D eigenvalue weighted by molar-refractivity contribution is 5.85. The number of carboxylic acid groups (broad SMARTS) is 1. The van der Waals surface area contributed by atoms with Crippen molar-refractivity contribution in [2.45, 2.75) is 39.2 Å². The first-order valence-electron chi connectivity index (χ1n) is 7.47. The molecule has 5 heteroatoms. The molecular weight excluding hydrogens is 268 g/mol. The molecule has 1 saturated carbocycles. The third kappa shape index (κ3) is 3.60. The van der Waals surface area contributed by atoms with Crippen LogP contribution in [0.1, 0.15) is 44.8 Å². The molecule has 4 unspecified atom stereocenters. The minimum atomic E-state index is -0.864. The topological polar surface area (TPSA) is 79.3 Å². The predicted molar refractivity (Wildman–Crippen MR) is 78.4 cm³/mol.